The van der Waals surface area contributed by atoms with Gasteiger partial charge in [-0.1, -0.05) is 91.9 Å². The second kappa shape index (κ2) is 14.2. The molecule has 5 aromatic rings. The van der Waals surface area contributed by atoms with Crippen LogP contribution in [-0.4, -0.2) is 52.4 Å². The summed E-state index contributed by atoms with van der Waals surface area (Å²) in [6.45, 7) is 10.8. The number of rotatable bonds is 9. The smallest absolute Gasteiger partial charge is 0.0367 e. The van der Waals surface area contributed by atoms with Gasteiger partial charge in [-0.3, -0.25) is 0 Å². The molecule has 2 fully saturated rings. The molecule has 0 bridgehead atoms. The molecule has 0 N–H and O–H groups in total. The number of nitrogens with zero attached hydrogens (tertiary/aromatic N) is 4. The van der Waals surface area contributed by atoms with Crippen molar-refractivity contribution in [2.45, 2.75) is 25.7 Å². The summed E-state index contributed by atoms with van der Waals surface area (Å²) in [7, 11) is 0. The lowest BCUT2D eigenvalue weighted by Crippen LogP contribution is -2.46. The quantitative estimate of drug-likeness (QED) is 0.167. The maximum absolute atomic E-state index is 2.52. The van der Waals surface area contributed by atoms with Gasteiger partial charge in [0.25, 0.3) is 0 Å². The van der Waals surface area contributed by atoms with E-state index in [9.17, 15) is 0 Å². The van der Waals surface area contributed by atoms with Crippen molar-refractivity contribution >= 4 is 22.7 Å². The van der Waals surface area contributed by atoms with Crippen LogP contribution in [0.5, 0.6) is 0 Å². The predicted octanol–water partition coefficient (Wildman–Crippen LogP) is 8.28. The lowest BCUT2D eigenvalue weighted by Gasteiger charge is -2.37. The number of para-hydroxylation sites is 2. The van der Waals surface area contributed by atoms with Crippen molar-refractivity contribution in [1.29, 1.82) is 0 Å². The van der Waals surface area contributed by atoms with Crippen molar-refractivity contribution < 1.29 is 0 Å². The van der Waals surface area contributed by atoms with Crippen LogP contribution < -0.4 is 19.6 Å². The fourth-order valence-corrected chi connectivity index (χ4v) is 7.02. The van der Waals surface area contributed by atoms with E-state index in [0.717, 1.165) is 65.2 Å². The summed E-state index contributed by atoms with van der Waals surface area (Å²) in [5.74, 6) is 0.375. The third-order valence-electron chi connectivity index (χ3n) is 10.0. The summed E-state index contributed by atoms with van der Waals surface area (Å²) in [6, 6.07) is 49.4. The van der Waals surface area contributed by atoms with Gasteiger partial charge in [0, 0.05) is 81.0 Å². The Morgan fingerprint density at radius 3 is 1.02 bits per heavy atom. The summed E-state index contributed by atoms with van der Waals surface area (Å²) >= 11 is 0. The summed E-state index contributed by atoms with van der Waals surface area (Å²) in [5.41, 5.74) is 10.9. The number of piperazine rings is 2. The molecule has 7 rings (SSSR count). The van der Waals surface area contributed by atoms with Gasteiger partial charge in [0.05, 0.1) is 0 Å². The number of hydrogen-bond acceptors (Lipinski definition) is 4. The summed E-state index contributed by atoms with van der Waals surface area (Å²) < 4.78 is 0. The topological polar surface area (TPSA) is 13.0 Å². The van der Waals surface area contributed by atoms with E-state index in [1.807, 2.05) is 0 Å². The van der Waals surface area contributed by atoms with Gasteiger partial charge in [-0.2, -0.15) is 0 Å². The van der Waals surface area contributed by atoms with Crippen LogP contribution in [0.3, 0.4) is 0 Å². The van der Waals surface area contributed by atoms with Gasteiger partial charge in [0.2, 0.25) is 0 Å². The first-order valence-electron chi connectivity index (χ1n) is 17.1. The average molecular weight is 607 g/mol. The SMILES string of the molecule is CC(c1ccc(CCc2ccc(N3CCN(c4ccccc4)CC3)cc2)cc1)c1ccc(N2CCN(c3ccccc3)CC2)cc1. The van der Waals surface area contributed by atoms with E-state index in [0.29, 0.717) is 5.92 Å². The maximum atomic E-state index is 2.52. The lowest BCUT2D eigenvalue weighted by atomic mass is 9.91. The van der Waals surface area contributed by atoms with Gasteiger partial charge < -0.3 is 19.6 Å². The molecule has 5 aromatic carbocycles. The Kier molecular flexibility index (Phi) is 9.23. The van der Waals surface area contributed by atoms with Gasteiger partial charge in [-0.25, -0.2) is 0 Å². The van der Waals surface area contributed by atoms with Crippen molar-refractivity contribution in [3.05, 3.63) is 156 Å². The fourth-order valence-electron chi connectivity index (χ4n) is 7.02. The van der Waals surface area contributed by atoms with Gasteiger partial charge >= 0.3 is 0 Å². The zero-order valence-electron chi connectivity index (χ0n) is 27.1. The van der Waals surface area contributed by atoms with E-state index < -0.39 is 0 Å². The van der Waals surface area contributed by atoms with Crippen molar-refractivity contribution in [3.8, 4) is 0 Å². The molecule has 2 aliphatic rings. The third kappa shape index (κ3) is 7.07. The fraction of sp³-hybridized carbons (Fsp3) is 0.286. The molecule has 2 heterocycles. The van der Waals surface area contributed by atoms with Crippen LogP contribution in [-0.2, 0) is 12.8 Å². The standard InChI is InChI=1S/C42H46N4/c1-34(38-20-24-42(25-21-38)46-32-28-44(29-33-46)40-10-6-3-7-11-40)37-18-14-35(15-19-37)12-13-36-16-22-41(23-17-36)45-30-26-43(27-31-45)39-8-4-2-5-9-39/h2-11,14-25,34H,12-13,26-33H2,1H3. The molecule has 4 nitrogen and oxygen atoms in total. The molecule has 2 saturated heterocycles. The predicted molar refractivity (Wildman–Crippen MR) is 196 cm³/mol. The van der Waals surface area contributed by atoms with Crippen LogP contribution in [0.15, 0.2) is 133 Å². The highest BCUT2D eigenvalue weighted by molar-refractivity contribution is 5.54. The Labute approximate surface area is 275 Å². The monoisotopic (exact) mass is 606 g/mol. The maximum Gasteiger partial charge on any atom is 0.0367 e. The Balaban J connectivity index is 0.876. The molecule has 1 atom stereocenters. The molecule has 1 unspecified atom stereocenters. The van der Waals surface area contributed by atoms with Crippen molar-refractivity contribution in [3.63, 3.8) is 0 Å². The molecule has 0 saturated carbocycles. The van der Waals surface area contributed by atoms with Gasteiger partial charge in [-0.05, 0) is 83.6 Å². The van der Waals surface area contributed by atoms with E-state index in [1.54, 1.807) is 0 Å². The number of hydrogen-bond donors (Lipinski definition) is 0. The first kappa shape index (κ1) is 30.0. The Morgan fingerprint density at radius 1 is 0.370 bits per heavy atom. The van der Waals surface area contributed by atoms with E-state index in [4.69, 9.17) is 0 Å². The van der Waals surface area contributed by atoms with E-state index >= 15 is 0 Å². The molecule has 0 amide bonds. The second-order valence-electron chi connectivity index (χ2n) is 12.8. The largest absolute Gasteiger partial charge is 0.368 e. The second-order valence-corrected chi connectivity index (χ2v) is 12.8. The normalized spacial score (nSPS) is 16.0. The third-order valence-corrected chi connectivity index (χ3v) is 10.0. The van der Waals surface area contributed by atoms with Gasteiger partial charge in [0.1, 0.15) is 0 Å². The number of anilines is 4. The van der Waals surface area contributed by atoms with Crippen LogP contribution in [0.2, 0.25) is 0 Å². The van der Waals surface area contributed by atoms with Crippen molar-refractivity contribution in [2.75, 3.05) is 72.0 Å². The highest BCUT2D eigenvalue weighted by Gasteiger charge is 2.19. The zero-order valence-corrected chi connectivity index (χ0v) is 27.1. The molecular formula is C42H46N4. The van der Waals surface area contributed by atoms with Crippen LogP contribution >= 0.6 is 0 Å². The summed E-state index contributed by atoms with van der Waals surface area (Å²) in [6.07, 6.45) is 2.13. The van der Waals surface area contributed by atoms with Crippen molar-refractivity contribution in [1.82, 2.24) is 0 Å². The minimum Gasteiger partial charge on any atom is -0.368 e. The van der Waals surface area contributed by atoms with Crippen LogP contribution in [0.25, 0.3) is 0 Å². The molecule has 234 valence electrons. The molecule has 0 spiro atoms. The van der Waals surface area contributed by atoms with Gasteiger partial charge in [0.15, 0.2) is 0 Å². The molecule has 0 radical (unpaired) electrons. The number of aryl methyl sites for hydroxylation is 2. The molecule has 0 aliphatic carbocycles. The molecular weight excluding hydrogens is 560 g/mol. The average Bonchev–Trinajstić information content (AvgIpc) is 3.15. The Morgan fingerprint density at radius 2 is 0.652 bits per heavy atom. The first-order chi connectivity index (χ1) is 22.7. The minimum absolute atomic E-state index is 0.375. The van der Waals surface area contributed by atoms with Crippen LogP contribution in [0, 0.1) is 0 Å². The number of benzene rings is 5. The van der Waals surface area contributed by atoms with E-state index in [1.165, 1.54) is 45.0 Å². The molecule has 2 aliphatic heterocycles. The lowest BCUT2D eigenvalue weighted by molar-refractivity contribution is 0.653. The summed E-state index contributed by atoms with van der Waals surface area (Å²) in [5, 5.41) is 0. The molecule has 0 aromatic heterocycles. The highest BCUT2D eigenvalue weighted by Crippen LogP contribution is 2.28. The summed E-state index contributed by atoms with van der Waals surface area (Å²) in [4.78, 5) is 10.0. The Hall–Kier alpha value is -4.70. The van der Waals surface area contributed by atoms with E-state index in [-0.39, 0.29) is 0 Å². The molecule has 4 heteroatoms. The van der Waals surface area contributed by atoms with Crippen LogP contribution in [0.1, 0.15) is 35.1 Å². The first-order valence-corrected chi connectivity index (χ1v) is 17.1. The van der Waals surface area contributed by atoms with E-state index in [2.05, 4.69) is 160 Å². The van der Waals surface area contributed by atoms with Crippen LogP contribution in [0.4, 0.5) is 22.7 Å². The van der Waals surface area contributed by atoms with Gasteiger partial charge in [-0.15, -0.1) is 0 Å². The Bertz CT molecular complexity index is 1630. The van der Waals surface area contributed by atoms with Crippen molar-refractivity contribution in [2.24, 2.45) is 0 Å². The minimum atomic E-state index is 0.375. The molecule has 46 heavy (non-hydrogen) atoms. The highest BCUT2D eigenvalue weighted by atomic mass is 15.3. The zero-order chi connectivity index (χ0) is 31.1.